The van der Waals surface area contributed by atoms with Crippen LogP contribution in [0.5, 0.6) is 0 Å². The fourth-order valence-electron chi connectivity index (χ4n) is 1.97. The Morgan fingerprint density at radius 2 is 1.94 bits per heavy atom. The third-order valence-electron chi connectivity index (χ3n) is 3.17. The third kappa shape index (κ3) is 2.98. The Labute approximate surface area is 112 Å². The lowest BCUT2D eigenvalue weighted by Crippen LogP contribution is -2.21. The molecule has 0 aliphatic carbocycles. The minimum atomic E-state index is -0.134. The Balaban J connectivity index is 2.07. The van der Waals surface area contributed by atoms with Gasteiger partial charge in [-0.05, 0) is 49.4 Å². The largest absolute Gasteiger partial charge is 0.303 e. The lowest BCUT2D eigenvalue weighted by atomic mass is 10.1. The molecule has 1 N–H and O–H groups in total. The Hall–Kier alpha value is -1.19. The van der Waals surface area contributed by atoms with Crippen molar-refractivity contribution in [3.8, 4) is 0 Å². The molecule has 0 amide bonds. The van der Waals surface area contributed by atoms with Gasteiger partial charge in [0.1, 0.15) is 5.82 Å². The van der Waals surface area contributed by atoms with Gasteiger partial charge < -0.3 is 5.32 Å². The summed E-state index contributed by atoms with van der Waals surface area (Å²) in [5, 5.41) is 5.56. The van der Waals surface area contributed by atoms with Crippen LogP contribution in [0, 0.1) is 12.7 Å². The summed E-state index contributed by atoms with van der Waals surface area (Å²) in [6, 6.07) is 10.0. The third-order valence-corrected chi connectivity index (χ3v) is 4.22. The van der Waals surface area contributed by atoms with Crippen molar-refractivity contribution in [3.63, 3.8) is 0 Å². The predicted molar refractivity (Wildman–Crippen MR) is 75.4 cm³/mol. The van der Waals surface area contributed by atoms with E-state index in [-0.39, 0.29) is 17.9 Å². The van der Waals surface area contributed by atoms with Gasteiger partial charge in [0.05, 0.1) is 0 Å². The molecular weight excluding hydrogens is 245 g/mol. The summed E-state index contributed by atoms with van der Waals surface area (Å²) in [6.07, 6.45) is 0. The summed E-state index contributed by atoms with van der Waals surface area (Å²) in [4.78, 5) is 1.30. The van der Waals surface area contributed by atoms with Crippen molar-refractivity contribution in [2.24, 2.45) is 0 Å². The van der Waals surface area contributed by atoms with Gasteiger partial charge in [-0.15, -0.1) is 11.3 Å². The van der Waals surface area contributed by atoms with E-state index in [1.165, 1.54) is 4.88 Å². The predicted octanol–water partition coefficient (Wildman–Crippen LogP) is 4.61. The molecule has 1 nitrogen and oxygen atoms in total. The lowest BCUT2D eigenvalue weighted by Gasteiger charge is -2.19. The second kappa shape index (κ2) is 5.63. The van der Waals surface area contributed by atoms with Crippen molar-refractivity contribution in [1.29, 1.82) is 0 Å². The smallest absolute Gasteiger partial charge is 0.126 e. The Morgan fingerprint density at radius 3 is 2.56 bits per heavy atom. The highest BCUT2D eigenvalue weighted by atomic mass is 32.1. The van der Waals surface area contributed by atoms with Crippen molar-refractivity contribution < 1.29 is 4.39 Å². The molecule has 3 heteroatoms. The molecule has 2 rings (SSSR count). The molecule has 0 fully saturated rings. The van der Waals surface area contributed by atoms with Gasteiger partial charge in [0.25, 0.3) is 0 Å². The van der Waals surface area contributed by atoms with Crippen LogP contribution in [0.2, 0.25) is 0 Å². The summed E-state index contributed by atoms with van der Waals surface area (Å²) in [7, 11) is 0. The molecule has 1 unspecified atom stereocenters. The summed E-state index contributed by atoms with van der Waals surface area (Å²) in [5.74, 6) is -0.134. The molecular formula is C15H18FNS. The molecule has 0 bridgehead atoms. The molecule has 2 atom stereocenters. The van der Waals surface area contributed by atoms with Crippen molar-refractivity contribution in [2.75, 3.05) is 0 Å². The average molecular weight is 263 g/mol. The number of benzene rings is 1. The van der Waals surface area contributed by atoms with Crippen LogP contribution in [-0.4, -0.2) is 0 Å². The van der Waals surface area contributed by atoms with Crippen LogP contribution in [0.1, 0.15) is 41.9 Å². The van der Waals surface area contributed by atoms with E-state index in [4.69, 9.17) is 0 Å². The number of hydrogen-bond donors (Lipinski definition) is 1. The Bertz CT molecular complexity index is 507. The fourth-order valence-corrected chi connectivity index (χ4v) is 2.71. The van der Waals surface area contributed by atoms with Crippen LogP contribution in [0.15, 0.2) is 35.7 Å². The average Bonchev–Trinajstić information content (AvgIpc) is 2.86. The first-order chi connectivity index (χ1) is 8.58. The van der Waals surface area contributed by atoms with Crippen LogP contribution in [0.25, 0.3) is 0 Å². The summed E-state index contributed by atoms with van der Waals surface area (Å²) >= 11 is 1.74. The Morgan fingerprint density at radius 1 is 1.17 bits per heavy atom. The second-order valence-electron chi connectivity index (χ2n) is 4.63. The molecule has 2 aromatic rings. The number of hydrogen-bond acceptors (Lipinski definition) is 2. The normalized spacial score (nSPS) is 14.4. The van der Waals surface area contributed by atoms with Gasteiger partial charge in [-0.2, -0.15) is 0 Å². The molecule has 0 spiro atoms. The minimum absolute atomic E-state index is 0.134. The topological polar surface area (TPSA) is 12.0 Å². The maximum Gasteiger partial charge on any atom is 0.126 e. The summed E-state index contributed by atoms with van der Waals surface area (Å²) < 4.78 is 13.5. The lowest BCUT2D eigenvalue weighted by molar-refractivity contribution is 0.496. The van der Waals surface area contributed by atoms with Crippen LogP contribution in [0.4, 0.5) is 4.39 Å². The molecule has 0 saturated heterocycles. The van der Waals surface area contributed by atoms with E-state index in [2.05, 4.69) is 30.6 Å². The number of aryl methyl sites for hydroxylation is 1. The van der Waals surface area contributed by atoms with E-state index in [9.17, 15) is 4.39 Å². The maximum absolute atomic E-state index is 13.5. The quantitative estimate of drug-likeness (QED) is 0.849. The van der Waals surface area contributed by atoms with Crippen LogP contribution < -0.4 is 5.32 Å². The van der Waals surface area contributed by atoms with E-state index in [0.29, 0.717) is 5.56 Å². The van der Waals surface area contributed by atoms with E-state index in [1.807, 2.05) is 18.2 Å². The highest BCUT2D eigenvalue weighted by molar-refractivity contribution is 7.10. The van der Waals surface area contributed by atoms with Crippen LogP contribution in [0.3, 0.4) is 0 Å². The number of halogens is 1. The van der Waals surface area contributed by atoms with Gasteiger partial charge in [-0.3, -0.25) is 0 Å². The van der Waals surface area contributed by atoms with E-state index < -0.39 is 0 Å². The zero-order chi connectivity index (χ0) is 13.1. The van der Waals surface area contributed by atoms with Gasteiger partial charge >= 0.3 is 0 Å². The van der Waals surface area contributed by atoms with Gasteiger partial charge in [0, 0.05) is 17.0 Å². The second-order valence-corrected chi connectivity index (χ2v) is 5.61. The maximum atomic E-state index is 13.5. The fraction of sp³-hybridized carbons (Fsp3) is 0.333. The molecule has 1 heterocycles. The first kappa shape index (κ1) is 13.2. The SMILES string of the molecule is Cc1ccc(C(C)N[C@@H](C)c2cccs2)cc1F. The van der Waals surface area contributed by atoms with Gasteiger partial charge in [-0.1, -0.05) is 18.2 Å². The molecule has 0 aliphatic rings. The van der Waals surface area contributed by atoms with Gasteiger partial charge in [0.2, 0.25) is 0 Å². The van der Waals surface area contributed by atoms with Crippen molar-refractivity contribution in [2.45, 2.75) is 32.9 Å². The van der Waals surface area contributed by atoms with Crippen LogP contribution >= 0.6 is 11.3 Å². The van der Waals surface area contributed by atoms with Gasteiger partial charge in [0.15, 0.2) is 0 Å². The van der Waals surface area contributed by atoms with Crippen molar-refractivity contribution in [3.05, 3.63) is 57.5 Å². The molecule has 1 aromatic heterocycles. The zero-order valence-corrected chi connectivity index (χ0v) is 11.7. The van der Waals surface area contributed by atoms with Crippen LogP contribution in [-0.2, 0) is 0 Å². The van der Waals surface area contributed by atoms with Crippen molar-refractivity contribution >= 4 is 11.3 Å². The van der Waals surface area contributed by atoms with E-state index in [1.54, 1.807) is 24.3 Å². The number of rotatable bonds is 4. The number of thiophene rings is 1. The van der Waals surface area contributed by atoms with E-state index >= 15 is 0 Å². The molecule has 0 aliphatic heterocycles. The first-order valence-corrected chi connectivity index (χ1v) is 7.01. The zero-order valence-electron chi connectivity index (χ0n) is 10.9. The minimum Gasteiger partial charge on any atom is -0.303 e. The molecule has 0 saturated carbocycles. The standard InChI is InChI=1S/C15H18FNS/c1-10-6-7-13(9-14(10)16)11(2)17-12(3)15-5-4-8-18-15/h4-9,11-12,17H,1-3H3/t11?,12-/m0/s1. The first-order valence-electron chi connectivity index (χ1n) is 6.13. The Kier molecular flexibility index (Phi) is 4.15. The monoisotopic (exact) mass is 263 g/mol. The van der Waals surface area contributed by atoms with Crippen molar-refractivity contribution in [1.82, 2.24) is 5.32 Å². The molecule has 0 radical (unpaired) electrons. The number of nitrogens with one attached hydrogen (secondary N) is 1. The molecule has 18 heavy (non-hydrogen) atoms. The highest BCUT2D eigenvalue weighted by Crippen LogP contribution is 2.23. The summed E-state index contributed by atoms with van der Waals surface area (Å²) in [5.41, 5.74) is 1.68. The van der Waals surface area contributed by atoms with Gasteiger partial charge in [-0.25, -0.2) is 4.39 Å². The molecule has 1 aromatic carbocycles. The van der Waals surface area contributed by atoms with E-state index in [0.717, 1.165) is 5.56 Å². The molecule has 96 valence electrons. The summed E-state index contributed by atoms with van der Waals surface area (Å²) in [6.45, 7) is 5.98. The highest BCUT2D eigenvalue weighted by Gasteiger charge is 2.12.